The standard InChI is InChI=1S/C23H27N3O2S2/c1-15-8-7-11-19(16(15)2)26-22(28)21-18(12-13-29-21)24-23(26)30-14-20(27)25(3)17-9-5-4-6-10-17/h7-8,11-13,17H,4-6,9-10,14H2,1-3H3. The fourth-order valence-electron chi connectivity index (χ4n) is 4.08. The lowest BCUT2D eigenvalue weighted by Gasteiger charge is -2.31. The lowest BCUT2D eigenvalue weighted by atomic mass is 9.94. The minimum absolute atomic E-state index is 0.0701. The zero-order valence-electron chi connectivity index (χ0n) is 17.7. The first kappa shape index (κ1) is 21.1. The topological polar surface area (TPSA) is 55.2 Å². The quantitative estimate of drug-likeness (QED) is 0.415. The molecule has 0 atom stereocenters. The molecule has 0 aliphatic heterocycles. The van der Waals surface area contributed by atoms with Gasteiger partial charge in [-0.1, -0.05) is 43.2 Å². The summed E-state index contributed by atoms with van der Waals surface area (Å²) in [6, 6.07) is 8.15. The second-order valence-electron chi connectivity index (χ2n) is 7.97. The first-order chi connectivity index (χ1) is 14.5. The smallest absolute Gasteiger partial charge is 0.276 e. The van der Waals surface area contributed by atoms with E-state index in [-0.39, 0.29) is 17.2 Å². The number of amides is 1. The van der Waals surface area contributed by atoms with E-state index in [0.29, 0.717) is 21.4 Å². The van der Waals surface area contributed by atoms with Crippen LogP contribution in [0.2, 0.25) is 0 Å². The largest absolute Gasteiger partial charge is 0.342 e. The fraction of sp³-hybridized carbons (Fsp3) is 0.435. The summed E-state index contributed by atoms with van der Waals surface area (Å²) in [4.78, 5) is 32.9. The van der Waals surface area contributed by atoms with Crippen LogP contribution < -0.4 is 5.56 Å². The molecular weight excluding hydrogens is 414 g/mol. The molecule has 0 saturated heterocycles. The van der Waals surface area contributed by atoms with Crippen LogP contribution in [-0.2, 0) is 4.79 Å². The second kappa shape index (κ2) is 8.94. The number of hydrogen-bond donors (Lipinski definition) is 0. The van der Waals surface area contributed by atoms with Gasteiger partial charge >= 0.3 is 0 Å². The number of aromatic nitrogens is 2. The molecule has 0 bridgehead atoms. The van der Waals surface area contributed by atoms with Gasteiger partial charge in [-0.15, -0.1) is 11.3 Å². The highest BCUT2D eigenvalue weighted by Crippen LogP contribution is 2.27. The molecular formula is C23H27N3O2S2. The van der Waals surface area contributed by atoms with Gasteiger partial charge in [0.2, 0.25) is 5.91 Å². The van der Waals surface area contributed by atoms with Crippen molar-refractivity contribution >= 4 is 39.2 Å². The maximum atomic E-state index is 13.3. The van der Waals surface area contributed by atoms with Crippen molar-refractivity contribution in [1.29, 1.82) is 0 Å². The molecule has 1 amide bonds. The van der Waals surface area contributed by atoms with Crippen molar-refractivity contribution in [2.75, 3.05) is 12.8 Å². The summed E-state index contributed by atoms with van der Waals surface area (Å²) >= 11 is 2.76. The number of rotatable bonds is 5. The van der Waals surface area contributed by atoms with Crippen LogP contribution in [0.4, 0.5) is 0 Å². The predicted molar refractivity (Wildman–Crippen MR) is 125 cm³/mol. The van der Waals surface area contributed by atoms with Gasteiger partial charge in [0.05, 0.1) is 17.0 Å². The van der Waals surface area contributed by atoms with E-state index in [1.165, 1.54) is 42.4 Å². The Morgan fingerprint density at radius 2 is 2.00 bits per heavy atom. The molecule has 7 heteroatoms. The van der Waals surface area contributed by atoms with E-state index in [0.717, 1.165) is 29.7 Å². The molecule has 1 saturated carbocycles. The molecule has 30 heavy (non-hydrogen) atoms. The number of hydrogen-bond acceptors (Lipinski definition) is 5. The molecule has 0 spiro atoms. The molecule has 1 aliphatic carbocycles. The lowest BCUT2D eigenvalue weighted by molar-refractivity contribution is -0.129. The van der Waals surface area contributed by atoms with Crippen LogP contribution in [-0.4, -0.2) is 39.2 Å². The Balaban J connectivity index is 1.67. The molecule has 1 fully saturated rings. The Bertz CT molecular complexity index is 1130. The number of thiophene rings is 1. The van der Waals surface area contributed by atoms with Crippen molar-refractivity contribution in [2.24, 2.45) is 0 Å². The lowest BCUT2D eigenvalue weighted by Crippen LogP contribution is -2.39. The van der Waals surface area contributed by atoms with E-state index in [2.05, 4.69) is 0 Å². The predicted octanol–water partition coefficient (Wildman–Crippen LogP) is 4.95. The summed E-state index contributed by atoms with van der Waals surface area (Å²) in [5, 5.41) is 2.47. The maximum absolute atomic E-state index is 13.3. The highest BCUT2D eigenvalue weighted by Gasteiger charge is 2.23. The molecule has 4 rings (SSSR count). The van der Waals surface area contributed by atoms with Gasteiger partial charge in [0.15, 0.2) is 5.16 Å². The Labute approximate surface area is 185 Å². The third-order valence-electron chi connectivity index (χ3n) is 6.11. The molecule has 0 radical (unpaired) electrons. The van der Waals surface area contributed by atoms with Gasteiger partial charge in [-0.05, 0) is 55.3 Å². The van der Waals surface area contributed by atoms with E-state index < -0.39 is 0 Å². The van der Waals surface area contributed by atoms with E-state index >= 15 is 0 Å². The van der Waals surface area contributed by atoms with Gasteiger partial charge in [0.25, 0.3) is 5.56 Å². The number of nitrogens with zero attached hydrogens (tertiary/aromatic N) is 3. The highest BCUT2D eigenvalue weighted by atomic mass is 32.2. The Hall–Kier alpha value is -2.12. The number of aryl methyl sites for hydroxylation is 1. The highest BCUT2D eigenvalue weighted by molar-refractivity contribution is 7.99. The van der Waals surface area contributed by atoms with Crippen LogP contribution in [0.25, 0.3) is 15.9 Å². The van der Waals surface area contributed by atoms with E-state index in [4.69, 9.17) is 4.98 Å². The van der Waals surface area contributed by atoms with Crippen LogP contribution in [0, 0.1) is 13.8 Å². The van der Waals surface area contributed by atoms with Gasteiger partial charge < -0.3 is 4.90 Å². The number of carbonyl (C=O) groups excluding carboxylic acids is 1. The Kier molecular flexibility index (Phi) is 6.29. The van der Waals surface area contributed by atoms with Crippen molar-refractivity contribution in [2.45, 2.75) is 57.1 Å². The van der Waals surface area contributed by atoms with Crippen LogP contribution in [0.15, 0.2) is 39.6 Å². The summed E-state index contributed by atoms with van der Waals surface area (Å²) in [7, 11) is 1.91. The first-order valence-corrected chi connectivity index (χ1v) is 12.3. The van der Waals surface area contributed by atoms with Crippen LogP contribution >= 0.6 is 23.1 Å². The Morgan fingerprint density at radius 3 is 2.77 bits per heavy atom. The van der Waals surface area contributed by atoms with Crippen LogP contribution in [0.1, 0.15) is 43.2 Å². The summed E-state index contributed by atoms with van der Waals surface area (Å²) in [6.07, 6.45) is 5.81. The van der Waals surface area contributed by atoms with Crippen molar-refractivity contribution in [3.05, 3.63) is 51.1 Å². The second-order valence-corrected chi connectivity index (χ2v) is 9.83. The van der Waals surface area contributed by atoms with E-state index in [1.54, 1.807) is 4.57 Å². The van der Waals surface area contributed by atoms with Gasteiger partial charge in [0, 0.05) is 13.1 Å². The minimum atomic E-state index is -0.0701. The molecule has 0 N–H and O–H groups in total. The molecule has 1 aliphatic rings. The first-order valence-electron chi connectivity index (χ1n) is 10.4. The van der Waals surface area contributed by atoms with Gasteiger partial charge in [-0.2, -0.15) is 0 Å². The number of carbonyl (C=O) groups is 1. The van der Waals surface area contributed by atoms with E-state index in [1.807, 2.05) is 55.4 Å². The van der Waals surface area contributed by atoms with E-state index in [9.17, 15) is 9.59 Å². The maximum Gasteiger partial charge on any atom is 0.276 e. The van der Waals surface area contributed by atoms with Gasteiger partial charge in [-0.25, -0.2) is 4.98 Å². The van der Waals surface area contributed by atoms with Gasteiger partial charge in [0.1, 0.15) is 4.70 Å². The van der Waals surface area contributed by atoms with Crippen LogP contribution in [0.3, 0.4) is 0 Å². The van der Waals surface area contributed by atoms with Gasteiger partial charge in [-0.3, -0.25) is 14.2 Å². The van der Waals surface area contributed by atoms with Crippen molar-refractivity contribution in [3.8, 4) is 5.69 Å². The summed E-state index contributed by atoms with van der Waals surface area (Å²) < 4.78 is 2.32. The Morgan fingerprint density at radius 1 is 1.23 bits per heavy atom. The third-order valence-corrected chi connectivity index (χ3v) is 7.92. The SMILES string of the molecule is Cc1cccc(-n2c(SCC(=O)N(C)C3CCCCC3)nc3ccsc3c2=O)c1C. The molecule has 158 valence electrons. The van der Waals surface area contributed by atoms with Crippen LogP contribution in [0.5, 0.6) is 0 Å². The number of fused-ring (bicyclic) bond motifs is 1. The molecule has 3 aromatic rings. The summed E-state index contributed by atoms with van der Waals surface area (Å²) in [5.41, 5.74) is 3.62. The summed E-state index contributed by atoms with van der Waals surface area (Å²) in [6.45, 7) is 4.06. The minimum Gasteiger partial charge on any atom is -0.342 e. The zero-order valence-corrected chi connectivity index (χ0v) is 19.3. The zero-order chi connectivity index (χ0) is 21.3. The van der Waals surface area contributed by atoms with Crippen molar-refractivity contribution in [3.63, 3.8) is 0 Å². The average Bonchev–Trinajstić information content (AvgIpc) is 3.23. The van der Waals surface area contributed by atoms with Crippen molar-refractivity contribution in [1.82, 2.24) is 14.5 Å². The summed E-state index contributed by atoms with van der Waals surface area (Å²) in [5.74, 6) is 0.374. The molecule has 5 nitrogen and oxygen atoms in total. The number of thioether (sulfide) groups is 1. The molecule has 1 aromatic carbocycles. The molecule has 2 aromatic heterocycles. The third kappa shape index (κ3) is 4.05. The average molecular weight is 442 g/mol. The fourth-order valence-corrected chi connectivity index (χ4v) is 5.77. The normalized spacial score (nSPS) is 14.9. The molecule has 2 heterocycles. The van der Waals surface area contributed by atoms with Crippen molar-refractivity contribution < 1.29 is 4.79 Å². The molecule has 0 unspecified atom stereocenters. The monoisotopic (exact) mass is 441 g/mol. The number of benzene rings is 1.